The van der Waals surface area contributed by atoms with E-state index < -0.39 is 11.6 Å². The van der Waals surface area contributed by atoms with Crippen molar-refractivity contribution in [2.45, 2.75) is 32.9 Å². The van der Waals surface area contributed by atoms with Crippen LogP contribution >= 0.6 is 0 Å². The Bertz CT molecular complexity index is 257. The average molecular weight is 201 g/mol. The van der Waals surface area contributed by atoms with Gasteiger partial charge >= 0.3 is 0 Å². The summed E-state index contributed by atoms with van der Waals surface area (Å²) in [5, 5.41) is 0. The van der Waals surface area contributed by atoms with Gasteiger partial charge in [-0.2, -0.15) is 0 Å². The molecule has 0 aromatic heterocycles. The molecule has 1 amide bonds. The van der Waals surface area contributed by atoms with Crippen molar-refractivity contribution >= 4 is 11.7 Å². The normalized spacial score (nSPS) is 23.9. The summed E-state index contributed by atoms with van der Waals surface area (Å²) in [6, 6.07) is 0. The summed E-state index contributed by atoms with van der Waals surface area (Å²) in [4.78, 5) is 24.1. The Morgan fingerprint density at radius 1 is 1.57 bits per heavy atom. The van der Waals surface area contributed by atoms with E-state index in [1.807, 2.05) is 0 Å². The van der Waals surface area contributed by atoms with E-state index >= 15 is 0 Å². The second-order valence-corrected chi connectivity index (χ2v) is 4.34. The third-order valence-electron chi connectivity index (χ3n) is 2.47. The molecule has 0 aromatic carbocycles. The van der Waals surface area contributed by atoms with Crippen molar-refractivity contribution in [2.24, 2.45) is 5.92 Å². The lowest BCUT2D eigenvalue weighted by Gasteiger charge is -2.32. The van der Waals surface area contributed by atoms with Gasteiger partial charge in [0.1, 0.15) is 5.78 Å². The number of hydrogen-bond acceptors (Lipinski definition) is 2. The van der Waals surface area contributed by atoms with Crippen LogP contribution in [0.5, 0.6) is 0 Å². The van der Waals surface area contributed by atoms with Crippen LogP contribution in [0.15, 0.2) is 0 Å². The SMILES string of the molecule is CC1CN(C(=O)C(C)(C)F)CCC1=O. The average Bonchev–Trinajstić information content (AvgIpc) is 2.07. The fraction of sp³-hybridized carbons (Fsp3) is 0.800. The van der Waals surface area contributed by atoms with Gasteiger partial charge in [0.25, 0.3) is 5.91 Å². The lowest BCUT2D eigenvalue weighted by Crippen LogP contribution is -2.49. The number of nitrogens with zero attached hydrogens (tertiary/aromatic N) is 1. The topological polar surface area (TPSA) is 37.4 Å². The van der Waals surface area contributed by atoms with E-state index in [1.165, 1.54) is 18.7 Å². The Labute approximate surface area is 83.3 Å². The first kappa shape index (κ1) is 11.1. The standard InChI is InChI=1S/C10H16FNO2/c1-7-6-12(5-4-8(7)13)9(14)10(2,3)11/h7H,4-6H2,1-3H3. The van der Waals surface area contributed by atoms with E-state index in [0.29, 0.717) is 19.5 Å². The lowest BCUT2D eigenvalue weighted by molar-refractivity contribution is -0.145. The van der Waals surface area contributed by atoms with Gasteiger partial charge in [0.15, 0.2) is 5.67 Å². The number of halogens is 1. The predicted molar refractivity (Wildman–Crippen MR) is 50.6 cm³/mol. The van der Waals surface area contributed by atoms with Crippen molar-refractivity contribution in [1.29, 1.82) is 0 Å². The monoisotopic (exact) mass is 201 g/mol. The van der Waals surface area contributed by atoms with Gasteiger partial charge in [-0.05, 0) is 13.8 Å². The number of likely N-dealkylation sites (tertiary alicyclic amines) is 1. The van der Waals surface area contributed by atoms with Crippen LogP contribution in [-0.4, -0.2) is 35.3 Å². The molecule has 1 fully saturated rings. The van der Waals surface area contributed by atoms with Gasteiger partial charge in [0.05, 0.1) is 0 Å². The molecular weight excluding hydrogens is 185 g/mol. The number of carbonyl (C=O) groups is 2. The molecule has 0 bridgehead atoms. The van der Waals surface area contributed by atoms with E-state index in [4.69, 9.17) is 0 Å². The minimum atomic E-state index is -1.83. The molecule has 4 heteroatoms. The minimum absolute atomic E-state index is 0.157. The number of rotatable bonds is 1. The minimum Gasteiger partial charge on any atom is -0.339 e. The molecular formula is C10H16FNO2. The van der Waals surface area contributed by atoms with E-state index in [2.05, 4.69) is 0 Å². The zero-order valence-electron chi connectivity index (χ0n) is 8.84. The first-order valence-corrected chi connectivity index (χ1v) is 4.83. The first-order valence-electron chi connectivity index (χ1n) is 4.83. The molecule has 0 aliphatic carbocycles. The van der Waals surface area contributed by atoms with Gasteiger partial charge in [-0.15, -0.1) is 0 Å². The van der Waals surface area contributed by atoms with Gasteiger partial charge in [0.2, 0.25) is 0 Å². The summed E-state index contributed by atoms with van der Waals surface area (Å²) in [7, 11) is 0. The highest BCUT2D eigenvalue weighted by atomic mass is 19.1. The molecule has 1 aliphatic heterocycles. The molecule has 0 radical (unpaired) electrons. The Balaban J connectivity index is 2.64. The fourth-order valence-corrected chi connectivity index (χ4v) is 1.58. The van der Waals surface area contributed by atoms with Crippen molar-refractivity contribution in [3.05, 3.63) is 0 Å². The van der Waals surface area contributed by atoms with Crippen LogP contribution in [0, 0.1) is 5.92 Å². The lowest BCUT2D eigenvalue weighted by atomic mass is 9.97. The summed E-state index contributed by atoms with van der Waals surface area (Å²) in [5.41, 5.74) is -1.83. The molecule has 1 atom stereocenters. The third kappa shape index (κ3) is 2.30. The van der Waals surface area contributed by atoms with Crippen molar-refractivity contribution in [1.82, 2.24) is 4.90 Å². The highest BCUT2D eigenvalue weighted by molar-refractivity contribution is 5.88. The van der Waals surface area contributed by atoms with Crippen LogP contribution in [0.25, 0.3) is 0 Å². The van der Waals surface area contributed by atoms with Gasteiger partial charge in [-0.1, -0.05) is 6.92 Å². The Kier molecular flexibility index (Phi) is 2.92. The van der Waals surface area contributed by atoms with E-state index in [-0.39, 0.29) is 11.7 Å². The van der Waals surface area contributed by atoms with E-state index in [0.717, 1.165) is 0 Å². The maximum atomic E-state index is 13.3. The summed E-state index contributed by atoms with van der Waals surface area (Å²) in [6.07, 6.45) is 0.350. The van der Waals surface area contributed by atoms with Crippen LogP contribution in [0.1, 0.15) is 27.2 Å². The number of carbonyl (C=O) groups excluding carboxylic acids is 2. The van der Waals surface area contributed by atoms with E-state index in [1.54, 1.807) is 6.92 Å². The molecule has 1 saturated heterocycles. The zero-order valence-corrected chi connectivity index (χ0v) is 8.84. The van der Waals surface area contributed by atoms with Gasteiger partial charge in [0, 0.05) is 25.4 Å². The number of piperidine rings is 1. The second kappa shape index (κ2) is 3.67. The summed E-state index contributed by atoms with van der Waals surface area (Å²) >= 11 is 0. The molecule has 0 N–H and O–H groups in total. The molecule has 3 nitrogen and oxygen atoms in total. The van der Waals surface area contributed by atoms with Crippen LogP contribution in [0.4, 0.5) is 4.39 Å². The highest BCUT2D eigenvalue weighted by Crippen LogP contribution is 2.18. The van der Waals surface area contributed by atoms with Crippen molar-refractivity contribution in [2.75, 3.05) is 13.1 Å². The maximum absolute atomic E-state index is 13.3. The van der Waals surface area contributed by atoms with Gasteiger partial charge in [-0.25, -0.2) is 4.39 Å². The predicted octanol–water partition coefficient (Wildman–Crippen LogP) is 1.17. The van der Waals surface area contributed by atoms with Crippen LogP contribution in [-0.2, 0) is 9.59 Å². The molecule has 0 spiro atoms. The summed E-state index contributed by atoms with van der Waals surface area (Å²) in [5.74, 6) is -0.516. The molecule has 0 aromatic rings. The van der Waals surface area contributed by atoms with Crippen molar-refractivity contribution < 1.29 is 14.0 Å². The number of Topliss-reactive ketones (excluding diaryl/α,β-unsaturated/α-hetero) is 1. The summed E-state index contributed by atoms with van der Waals surface area (Å²) in [6.45, 7) is 4.97. The molecule has 14 heavy (non-hydrogen) atoms. The molecule has 80 valence electrons. The van der Waals surface area contributed by atoms with Gasteiger partial charge < -0.3 is 4.90 Å². The largest absolute Gasteiger partial charge is 0.339 e. The highest BCUT2D eigenvalue weighted by Gasteiger charge is 2.35. The zero-order chi connectivity index (χ0) is 10.9. The van der Waals surface area contributed by atoms with Crippen molar-refractivity contribution in [3.8, 4) is 0 Å². The number of amides is 1. The number of ketones is 1. The Morgan fingerprint density at radius 3 is 2.57 bits per heavy atom. The van der Waals surface area contributed by atoms with Crippen LogP contribution in [0.2, 0.25) is 0 Å². The molecule has 0 saturated carbocycles. The molecule has 1 aliphatic rings. The van der Waals surface area contributed by atoms with Crippen LogP contribution < -0.4 is 0 Å². The first-order chi connectivity index (χ1) is 6.32. The number of alkyl halides is 1. The quantitative estimate of drug-likeness (QED) is 0.638. The number of hydrogen-bond donors (Lipinski definition) is 0. The molecule has 1 heterocycles. The van der Waals surface area contributed by atoms with Crippen LogP contribution in [0.3, 0.4) is 0 Å². The maximum Gasteiger partial charge on any atom is 0.259 e. The summed E-state index contributed by atoms with van der Waals surface area (Å²) < 4.78 is 13.3. The van der Waals surface area contributed by atoms with Crippen molar-refractivity contribution in [3.63, 3.8) is 0 Å². The molecule has 1 rings (SSSR count). The Hall–Kier alpha value is -0.930. The third-order valence-corrected chi connectivity index (χ3v) is 2.47. The molecule has 1 unspecified atom stereocenters. The fourth-order valence-electron chi connectivity index (χ4n) is 1.58. The van der Waals surface area contributed by atoms with Gasteiger partial charge in [-0.3, -0.25) is 9.59 Å². The smallest absolute Gasteiger partial charge is 0.259 e. The second-order valence-electron chi connectivity index (χ2n) is 4.34. The van der Waals surface area contributed by atoms with E-state index in [9.17, 15) is 14.0 Å². The Morgan fingerprint density at radius 2 is 2.14 bits per heavy atom.